The summed E-state index contributed by atoms with van der Waals surface area (Å²) in [5.74, 6) is 0.856. The summed E-state index contributed by atoms with van der Waals surface area (Å²) in [5, 5.41) is 16.1. The van der Waals surface area contributed by atoms with Crippen molar-refractivity contribution in [1.29, 1.82) is 0 Å². The Bertz CT molecular complexity index is 364. The molecule has 7 heteroatoms. The van der Waals surface area contributed by atoms with Crippen molar-refractivity contribution in [2.45, 2.75) is 59.5 Å². The van der Waals surface area contributed by atoms with E-state index in [9.17, 15) is 5.11 Å². The van der Waals surface area contributed by atoms with E-state index in [0.717, 1.165) is 45.0 Å². The van der Waals surface area contributed by atoms with Crippen LogP contribution in [0, 0.1) is 5.41 Å². The van der Waals surface area contributed by atoms with E-state index in [1.54, 1.807) is 0 Å². The molecular weight excluding hydrogens is 431 g/mol. The van der Waals surface area contributed by atoms with Crippen molar-refractivity contribution >= 4 is 29.9 Å². The van der Waals surface area contributed by atoms with Crippen molar-refractivity contribution < 1.29 is 9.84 Å². The molecule has 0 saturated carbocycles. The summed E-state index contributed by atoms with van der Waals surface area (Å²) in [5.41, 5.74) is -0.000990. The van der Waals surface area contributed by atoms with Gasteiger partial charge in [-0.2, -0.15) is 0 Å². The van der Waals surface area contributed by atoms with Gasteiger partial charge in [0.2, 0.25) is 0 Å². The third-order valence-electron chi connectivity index (χ3n) is 4.73. The summed E-state index contributed by atoms with van der Waals surface area (Å²) in [7, 11) is 0. The van der Waals surface area contributed by atoms with Crippen LogP contribution in [0.3, 0.4) is 0 Å². The fourth-order valence-corrected chi connectivity index (χ4v) is 3.29. The van der Waals surface area contributed by atoms with E-state index >= 15 is 0 Å². The summed E-state index contributed by atoms with van der Waals surface area (Å²) in [6, 6.07) is 1.07. The number of rotatable bonds is 10. The molecule has 1 aliphatic rings. The summed E-state index contributed by atoms with van der Waals surface area (Å²) >= 11 is 0. The fourth-order valence-electron chi connectivity index (χ4n) is 3.29. The quantitative estimate of drug-likeness (QED) is 0.259. The lowest BCUT2D eigenvalue weighted by atomic mass is 9.84. The van der Waals surface area contributed by atoms with Crippen LogP contribution >= 0.6 is 24.0 Å². The van der Waals surface area contributed by atoms with Crippen LogP contribution in [0.5, 0.6) is 0 Å². The summed E-state index contributed by atoms with van der Waals surface area (Å²) in [6.45, 7) is 16.1. The van der Waals surface area contributed by atoms with Gasteiger partial charge in [0.05, 0.1) is 13.2 Å². The normalized spacial score (nSPS) is 21.1. The lowest BCUT2D eigenvalue weighted by Gasteiger charge is -2.30. The third-order valence-corrected chi connectivity index (χ3v) is 4.73. The SMILES string of the molecule is CCNC(=NCC1(CCO)CCOC1)NCCN(C(C)C)C(C)C.I. The third kappa shape index (κ3) is 8.88. The molecule has 0 aromatic heterocycles. The van der Waals surface area contributed by atoms with Crippen LogP contribution in [0.1, 0.15) is 47.5 Å². The van der Waals surface area contributed by atoms with Crippen molar-refractivity contribution in [3.05, 3.63) is 0 Å². The fraction of sp³-hybridized carbons (Fsp3) is 0.944. The first kappa shape index (κ1) is 24.9. The Morgan fingerprint density at radius 1 is 1.24 bits per heavy atom. The zero-order valence-electron chi connectivity index (χ0n) is 16.7. The molecule has 1 saturated heterocycles. The number of halogens is 1. The smallest absolute Gasteiger partial charge is 0.191 e. The Hall–Kier alpha value is -0.120. The Labute approximate surface area is 171 Å². The topological polar surface area (TPSA) is 69.1 Å². The molecule has 1 atom stereocenters. The molecule has 0 amide bonds. The van der Waals surface area contributed by atoms with Gasteiger partial charge in [0, 0.05) is 50.3 Å². The second kappa shape index (κ2) is 13.1. The van der Waals surface area contributed by atoms with Crippen LogP contribution in [0.4, 0.5) is 0 Å². The van der Waals surface area contributed by atoms with Gasteiger partial charge in [-0.25, -0.2) is 0 Å². The second-order valence-corrected chi connectivity index (χ2v) is 7.32. The largest absolute Gasteiger partial charge is 0.396 e. The van der Waals surface area contributed by atoms with E-state index in [-0.39, 0.29) is 36.0 Å². The highest BCUT2D eigenvalue weighted by molar-refractivity contribution is 14.0. The van der Waals surface area contributed by atoms with Crippen LogP contribution < -0.4 is 10.6 Å². The van der Waals surface area contributed by atoms with Gasteiger partial charge in [0.1, 0.15) is 0 Å². The predicted octanol–water partition coefficient (Wildman–Crippen LogP) is 2.07. The monoisotopic (exact) mass is 470 g/mol. The molecule has 1 rings (SSSR count). The molecule has 3 N–H and O–H groups in total. The maximum Gasteiger partial charge on any atom is 0.191 e. The molecule has 0 aromatic carbocycles. The lowest BCUT2D eigenvalue weighted by molar-refractivity contribution is 0.131. The Morgan fingerprint density at radius 3 is 2.40 bits per heavy atom. The average molecular weight is 470 g/mol. The van der Waals surface area contributed by atoms with Gasteiger partial charge in [-0.3, -0.25) is 9.89 Å². The molecule has 0 aromatic rings. The molecule has 25 heavy (non-hydrogen) atoms. The minimum Gasteiger partial charge on any atom is -0.396 e. The Kier molecular flexibility index (Phi) is 13.0. The summed E-state index contributed by atoms with van der Waals surface area (Å²) < 4.78 is 5.54. The Balaban J connectivity index is 0.00000576. The maximum absolute atomic E-state index is 9.33. The van der Waals surface area contributed by atoms with Gasteiger partial charge in [-0.15, -0.1) is 24.0 Å². The van der Waals surface area contributed by atoms with Crippen LogP contribution in [-0.2, 0) is 4.74 Å². The summed E-state index contributed by atoms with van der Waals surface area (Å²) in [4.78, 5) is 7.22. The van der Waals surface area contributed by atoms with E-state index in [2.05, 4.69) is 50.2 Å². The van der Waals surface area contributed by atoms with Crippen molar-refractivity contribution in [2.24, 2.45) is 10.4 Å². The van der Waals surface area contributed by atoms with Gasteiger partial charge in [-0.05, 0) is 47.5 Å². The molecule has 0 bridgehead atoms. The van der Waals surface area contributed by atoms with Gasteiger partial charge in [-0.1, -0.05) is 0 Å². The first-order valence-corrected chi connectivity index (χ1v) is 9.40. The second-order valence-electron chi connectivity index (χ2n) is 7.32. The number of aliphatic hydroxyl groups excluding tert-OH is 1. The standard InChI is InChI=1S/C18H38N4O2.HI/c1-6-19-17(20-9-10-22(15(2)3)16(4)5)21-13-18(7-11-23)8-12-24-14-18;/h15-16,23H,6-14H2,1-5H3,(H2,19,20,21);1H. The molecule has 1 fully saturated rings. The van der Waals surface area contributed by atoms with Crippen LogP contribution in [0.25, 0.3) is 0 Å². The highest BCUT2D eigenvalue weighted by Gasteiger charge is 2.34. The zero-order chi connectivity index (χ0) is 18.0. The molecule has 6 nitrogen and oxygen atoms in total. The lowest BCUT2D eigenvalue weighted by Crippen LogP contribution is -2.45. The highest BCUT2D eigenvalue weighted by atomic mass is 127. The number of nitrogens with zero attached hydrogens (tertiary/aromatic N) is 2. The van der Waals surface area contributed by atoms with E-state index in [1.165, 1.54) is 0 Å². The molecule has 150 valence electrons. The van der Waals surface area contributed by atoms with Gasteiger partial charge < -0.3 is 20.5 Å². The van der Waals surface area contributed by atoms with E-state index in [4.69, 9.17) is 9.73 Å². The zero-order valence-corrected chi connectivity index (χ0v) is 19.0. The summed E-state index contributed by atoms with van der Waals surface area (Å²) in [6.07, 6.45) is 1.73. The van der Waals surface area contributed by atoms with Crippen LogP contribution in [-0.4, -0.2) is 74.0 Å². The molecule has 1 heterocycles. The molecule has 0 radical (unpaired) electrons. The van der Waals surface area contributed by atoms with Crippen molar-refractivity contribution in [3.63, 3.8) is 0 Å². The van der Waals surface area contributed by atoms with Gasteiger partial charge >= 0.3 is 0 Å². The number of hydrogen-bond acceptors (Lipinski definition) is 4. The first-order chi connectivity index (χ1) is 11.4. The van der Waals surface area contributed by atoms with E-state index in [0.29, 0.717) is 25.2 Å². The number of nitrogens with one attached hydrogen (secondary N) is 2. The van der Waals surface area contributed by atoms with Crippen molar-refractivity contribution in [2.75, 3.05) is 46.0 Å². The molecular formula is C18H39IN4O2. The number of aliphatic hydroxyl groups is 1. The van der Waals surface area contributed by atoms with E-state index in [1.807, 2.05) is 0 Å². The maximum atomic E-state index is 9.33. The predicted molar refractivity (Wildman–Crippen MR) is 116 cm³/mol. The Morgan fingerprint density at radius 2 is 1.92 bits per heavy atom. The first-order valence-electron chi connectivity index (χ1n) is 9.40. The van der Waals surface area contributed by atoms with E-state index < -0.39 is 0 Å². The number of ether oxygens (including phenoxy) is 1. The van der Waals surface area contributed by atoms with Gasteiger partial charge in [0.25, 0.3) is 0 Å². The minimum atomic E-state index is -0.000990. The minimum absolute atomic E-state index is 0. The van der Waals surface area contributed by atoms with Crippen LogP contribution in [0.15, 0.2) is 4.99 Å². The van der Waals surface area contributed by atoms with Crippen molar-refractivity contribution in [1.82, 2.24) is 15.5 Å². The average Bonchev–Trinajstić information content (AvgIpc) is 2.97. The molecule has 1 unspecified atom stereocenters. The van der Waals surface area contributed by atoms with Gasteiger partial charge in [0.15, 0.2) is 5.96 Å². The highest BCUT2D eigenvalue weighted by Crippen LogP contribution is 2.32. The molecule has 0 spiro atoms. The molecule has 1 aliphatic heterocycles. The number of guanidine groups is 1. The number of hydrogen-bond donors (Lipinski definition) is 3. The molecule has 0 aliphatic carbocycles. The van der Waals surface area contributed by atoms with Crippen LogP contribution in [0.2, 0.25) is 0 Å². The number of aliphatic imine (C=N–C) groups is 1. The van der Waals surface area contributed by atoms with Crippen molar-refractivity contribution in [3.8, 4) is 0 Å².